The number of benzene rings is 9. The van der Waals surface area contributed by atoms with E-state index in [-0.39, 0.29) is 5.41 Å². The average Bonchev–Trinajstić information content (AvgIpc) is 3.26. The molecule has 3 heteroatoms. The van der Waals surface area contributed by atoms with Crippen molar-refractivity contribution in [1.29, 1.82) is 0 Å². The fourth-order valence-corrected chi connectivity index (χ4v) is 8.99. The van der Waals surface area contributed by atoms with Crippen LogP contribution in [0.25, 0.3) is 43.8 Å². The van der Waals surface area contributed by atoms with Crippen molar-refractivity contribution in [2.45, 2.75) is 19.3 Å². The van der Waals surface area contributed by atoms with E-state index in [2.05, 4.69) is 218 Å². The Morgan fingerprint density at radius 1 is 0.429 bits per heavy atom. The zero-order valence-corrected chi connectivity index (χ0v) is 31.3. The zero-order valence-electron chi connectivity index (χ0n) is 31.3. The minimum absolute atomic E-state index is 0.254. The lowest BCUT2D eigenvalue weighted by Crippen LogP contribution is -2.32. The normalized spacial score (nSPS) is 13.4. The molecule has 0 aliphatic carbocycles. The molecular formula is C53H38N2O. The second kappa shape index (κ2) is 12.5. The summed E-state index contributed by atoms with van der Waals surface area (Å²) in [6.45, 7) is 4.69. The van der Waals surface area contributed by atoms with Gasteiger partial charge in [-0.1, -0.05) is 153 Å². The van der Waals surface area contributed by atoms with Gasteiger partial charge in [0.15, 0.2) is 11.5 Å². The number of hydrogen-bond donors (Lipinski definition) is 0. The van der Waals surface area contributed by atoms with Crippen LogP contribution in [0.4, 0.5) is 34.1 Å². The molecule has 0 fully saturated rings. The Balaban J connectivity index is 1.04. The molecule has 0 saturated carbocycles. The zero-order chi connectivity index (χ0) is 37.4. The molecule has 9 aromatic rings. The number of fused-ring (bicyclic) bond motifs is 7. The Kier molecular flexibility index (Phi) is 7.20. The van der Waals surface area contributed by atoms with Crippen LogP contribution in [0.1, 0.15) is 25.0 Å². The predicted octanol–water partition coefficient (Wildman–Crippen LogP) is 15.0. The lowest BCUT2D eigenvalue weighted by atomic mass is 9.72. The molecule has 9 aromatic carbocycles. The van der Waals surface area contributed by atoms with Crippen molar-refractivity contribution in [3.8, 4) is 33.8 Å². The lowest BCUT2D eigenvalue weighted by molar-refractivity contribution is 0.472. The topological polar surface area (TPSA) is 15.7 Å². The lowest BCUT2D eigenvalue weighted by Gasteiger charge is -2.45. The Bertz CT molecular complexity index is 2960. The third-order valence-electron chi connectivity index (χ3n) is 11.8. The summed E-state index contributed by atoms with van der Waals surface area (Å²) in [6, 6.07) is 70.1. The third-order valence-corrected chi connectivity index (χ3v) is 11.8. The van der Waals surface area contributed by atoms with Gasteiger partial charge >= 0.3 is 0 Å². The maximum atomic E-state index is 6.91. The summed E-state index contributed by atoms with van der Waals surface area (Å²) in [7, 11) is 0. The first-order chi connectivity index (χ1) is 27.5. The van der Waals surface area contributed by atoms with E-state index in [4.69, 9.17) is 4.74 Å². The largest absolute Gasteiger partial charge is 0.453 e. The van der Waals surface area contributed by atoms with Gasteiger partial charge in [0, 0.05) is 27.6 Å². The van der Waals surface area contributed by atoms with Crippen molar-refractivity contribution in [1.82, 2.24) is 0 Å². The van der Waals surface area contributed by atoms with Crippen molar-refractivity contribution in [3.63, 3.8) is 0 Å². The molecule has 2 heterocycles. The van der Waals surface area contributed by atoms with Gasteiger partial charge in [-0.15, -0.1) is 0 Å². The van der Waals surface area contributed by atoms with Gasteiger partial charge in [-0.3, -0.25) is 0 Å². The van der Waals surface area contributed by atoms with Crippen LogP contribution in [0.15, 0.2) is 194 Å². The molecule has 0 N–H and O–H groups in total. The molecule has 2 aliphatic heterocycles. The molecule has 0 atom stereocenters. The number of anilines is 6. The van der Waals surface area contributed by atoms with Crippen LogP contribution in [0, 0.1) is 0 Å². The second-order valence-electron chi connectivity index (χ2n) is 15.4. The first-order valence-electron chi connectivity index (χ1n) is 19.3. The third kappa shape index (κ3) is 4.98. The highest BCUT2D eigenvalue weighted by Crippen LogP contribution is 2.62. The molecule has 0 bridgehead atoms. The van der Waals surface area contributed by atoms with Gasteiger partial charge in [-0.25, -0.2) is 0 Å². The van der Waals surface area contributed by atoms with Crippen LogP contribution >= 0.6 is 0 Å². The standard InChI is InChI=1S/C53H38N2O/c1-53(2)45-20-10-11-21-48(45)55-51-44-19-9-7-16-39(44)27-32-49(51)56-50-34-40(33-46(53)52(50)55)37-25-30-42(31-26-37)54(47-22-12-17-38-15-6-8-18-43(38)47)41-28-23-36(24-29-41)35-13-4-3-5-14-35/h3-34H,1-2H3. The molecule has 0 saturated heterocycles. The SMILES string of the molecule is CC1(C)c2ccccc2N2c3c(cc(-c4ccc(N(c5ccc(-c6ccccc6)cc5)c5cccc6ccccc56)cc4)cc31)Oc1ccc3ccccc3c12. The first-order valence-corrected chi connectivity index (χ1v) is 19.3. The summed E-state index contributed by atoms with van der Waals surface area (Å²) in [5.74, 6) is 1.75. The van der Waals surface area contributed by atoms with Crippen LogP contribution in [-0.4, -0.2) is 0 Å². The summed E-state index contributed by atoms with van der Waals surface area (Å²) in [6.07, 6.45) is 0. The van der Waals surface area contributed by atoms with E-state index in [0.717, 1.165) is 51.1 Å². The average molecular weight is 719 g/mol. The molecule has 0 aromatic heterocycles. The number of hydrogen-bond acceptors (Lipinski definition) is 3. The van der Waals surface area contributed by atoms with Crippen LogP contribution in [-0.2, 0) is 5.41 Å². The van der Waals surface area contributed by atoms with Crippen molar-refractivity contribution >= 4 is 55.7 Å². The minimum Gasteiger partial charge on any atom is -0.453 e. The molecule has 2 aliphatic rings. The van der Waals surface area contributed by atoms with Gasteiger partial charge in [0.05, 0.1) is 22.7 Å². The molecule has 0 spiro atoms. The molecular weight excluding hydrogens is 681 g/mol. The molecule has 266 valence electrons. The smallest absolute Gasteiger partial charge is 0.152 e. The summed E-state index contributed by atoms with van der Waals surface area (Å²) in [5.41, 5.74) is 13.7. The molecule has 0 radical (unpaired) electrons. The number of para-hydroxylation sites is 1. The number of nitrogens with zero attached hydrogens (tertiary/aromatic N) is 2. The number of ether oxygens (including phenoxy) is 1. The van der Waals surface area contributed by atoms with Crippen LogP contribution in [0.2, 0.25) is 0 Å². The van der Waals surface area contributed by atoms with Crippen molar-refractivity contribution < 1.29 is 4.74 Å². The summed E-state index contributed by atoms with van der Waals surface area (Å²) >= 11 is 0. The van der Waals surface area contributed by atoms with E-state index in [1.165, 1.54) is 49.5 Å². The van der Waals surface area contributed by atoms with E-state index in [1.54, 1.807) is 0 Å². The van der Waals surface area contributed by atoms with E-state index in [1.807, 2.05) is 0 Å². The highest BCUT2D eigenvalue weighted by Gasteiger charge is 2.42. The summed E-state index contributed by atoms with van der Waals surface area (Å²) < 4.78 is 6.91. The van der Waals surface area contributed by atoms with E-state index in [0.29, 0.717) is 0 Å². The minimum atomic E-state index is -0.254. The Hall–Kier alpha value is -7.10. The summed E-state index contributed by atoms with van der Waals surface area (Å²) in [4.78, 5) is 4.82. The summed E-state index contributed by atoms with van der Waals surface area (Å²) in [5, 5.41) is 4.80. The monoisotopic (exact) mass is 718 g/mol. The molecule has 0 amide bonds. The van der Waals surface area contributed by atoms with Crippen LogP contribution < -0.4 is 14.5 Å². The van der Waals surface area contributed by atoms with Crippen LogP contribution in [0.3, 0.4) is 0 Å². The van der Waals surface area contributed by atoms with Gasteiger partial charge in [-0.2, -0.15) is 0 Å². The quantitative estimate of drug-likeness (QED) is 0.176. The van der Waals surface area contributed by atoms with Gasteiger partial charge < -0.3 is 14.5 Å². The van der Waals surface area contributed by atoms with Gasteiger partial charge in [0.25, 0.3) is 0 Å². The van der Waals surface area contributed by atoms with Crippen molar-refractivity contribution in [2.24, 2.45) is 0 Å². The fraction of sp³-hybridized carbons (Fsp3) is 0.0566. The molecule has 0 unspecified atom stereocenters. The fourth-order valence-electron chi connectivity index (χ4n) is 8.99. The Morgan fingerprint density at radius 2 is 1.02 bits per heavy atom. The predicted molar refractivity (Wildman–Crippen MR) is 234 cm³/mol. The number of rotatable bonds is 5. The van der Waals surface area contributed by atoms with Gasteiger partial charge in [-0.05, 0) is 98.8 Å². The molecule has 11 rings (SSSR count). The Labute approximate surface area is 327 Å². The molecule has 3 nitrogen and oxygen atoms in total. The highest BCUT2D eigenvalue weighted by atomic mass is 16.5. The van der Waals surface area contributed by atoms with Crippen molar-refractivity contribution in [2.75, 3.05) is 9.80 Å². The maximum absolute atomic E-state index is 6.91. The molecule has 56 heavy (non-hydrogen) atoms. The highest BCUT2D eigenvalue weighted by molar-refractivity contribution is 6.06. The van der Waals surface area contributed by atoms with Gasteiger partial charge in [0.1, 0.15) is 0 Å². The second-order valence-corrected chi connectivity index (χ2v) is 15.4. The van der Waals surface area contributed by atoms with Gasteiger partial charge in [0.2, 0.25) is 0 Å². The van der Waals surface area contributed by atoms with E-state index < -0.39 is 0 Å². The van der Waals surface area contributed by atoms with Crippen molar-refractivity contribution in [3.05, 3.63) is 205 Å². The Morgan fingerprint density at radius 3 is 1.77 bits per heavy atom. The van der Waals surface area contributed by atoms with Crippen LogP contribution in [0.5, 0.6) is 11.5 Å². The van der Waals surface area contributed by atoms with E-state index in [9.17, 15) is 0 Å². The van der Waals surface area contributed by atoms with E-state index >= 15 is 0 Å². The first kappa shape index (κ1) is 32.3. The maximum Gasteiger partial charge on any atom is 0.152 e.